The summed E-state index contributed by atoms with van der Waals surface area (Å²) in [5.74, 6) is 1.52. The fourth-order valence-electron chi connectivity index (χ4n) is 3.08. The number of carbonyl (C=O) groups is 1. The molecule has 0 atom stereocenters. The van der Waals surface area contributed by atoms with Gasteiger partial charge in [-0.1, -0.05) is 57.2 Å². The number of amides is 1. The Morgan fingerprint density at radius 2 is 1.90 bits per heavy atom. The molecule has 0 radical (unpaired) electrons. The predicted octanol–water partition coefficient (Wildman–Crippen LogP) is 5.81. The molecule has 150 valence electrons. The van der Waals surface area contributed by atoms with E-state index in [1.54, 1.807) is 11.8 Å². The van der Waals surface area contributed by atoms with Crippen molar-refractivity contribution in [1.29, 1.82) is 0 Å². The molecule has 2 aromatic carbocycles. The summed E-state index contributed by atoms with van der Waals surface area (Å²) < 4.78 is 0. The summed E-state index contributed by atoms with van der Waals surface area (Å²) in [7, 11) is 0. The number of thioether (sulfide) groups is 1. The van der Waals surface area contributed by atoms with Gasteiger partial charge >= 0.3 is 0 Å². The minimum atomic E-state index is -0.0505. The van der Waals surface area contributed by atoms with Crippen LogP contribution in [0.1, 0.15) is 39.2 Å². The van der Waals surface area contributed by atoms with Crippen molar-refractivity contribution in [1.82, 2.24) is 4.98 Å². The molecule has 3 N–H and O–H groups in total. The number of aromatic nitrogens is 1. The SMILES string of the molecule is CC.CCCC(=O)Nc1cc2c(c(N)n1)N=C(c1ccc3ccccc3c1)CS2. The summed E-state index contributed by atoms with van der Waals surface area (Å²) in [4.78, 5) is 21.8. The number of pyridine rings is 1. The van der Waals surface area contributed by atoms with Crippen molar-refractivity contribution in [2.75, 3.05) is 16.8 Å². The fraction of sp³-hybridized carbons (Fsp3) is 0.261. The number of nitrogens with one attached hydrogen (secondary N) is 1. The van der Waals surface area contributed by atoms with Crippen molar-refractivity contribution >= 4 is 51.5 Å². The highest BCUT2D eigenvalue weighted by Crippen LogP contribution is 2.40. The molecule has 6 heteroatoms. The van der Waals surface area contributed by atoms with E-state index in [-0.39, 0.29) is 5.91 Å². The Labute approximate surface area is 175 Å². The van der Waals surface area contributed by atoms with Gasteiger partial charge in [-0.25, -0.2) is 9.98 Å². The quantitative estimate of drug-likeness (QED) is 0.573. The number of benzene rings is 2. The molecule has 2 heterocycles. The highest BCUT2D eigenvalue weighted by atomic mass is 32.2. The number of nitrogen functional groups attached to an aromatic ring is 1. The van der Waals surface area contributed by atoms with E-state index >= 15 is 0 Å². The predicted molar refractivity (Wildman–Crippen MR) is 124 cm³/mol. The van der Waals surface area contributed by atoms with E-state index in [0.29, 0.717) is 23.7 Å². The minimum Gasteiger partial charge on any atom is -0.382 e. The summed E-state index contributed by atoms with van der Waals surface area (Å²) in [6, 6.07) is 16.5. The van der Waals surface area contributed by atoms with Crippen LogP contribution in [0.5, 0.6) is 0 Å². The van der Waals surface area contributed by atoms with Gasteiger partial charge in [-0.05, 0) is 34.9 Å². The first-order chi connectivity index (χ1) is 14.1. The molecule has 0 bridgehead atoms. The lowest BCUT2D eigenvalue weighted by Crippen LogP contribution is -2.14. The smallest absolute Gasteiger partial charge is 0.225 e. The molecule has 1 aliphatic rings. The molecule has 0 spiro atoms. The van der Waals surface area contributed by atoms with Crippen molar-refractivity contribution in [3.05, 3.63) is 54.1 Å². The normalized spacial score (nSPS) is 12.4. The van der Waals surface area contributed by atoms with Crippen LogP contribution in [0.4, 0.5) is 17.3 Å². The number of hydrogen-bond acceptors (Lipinski definition) is 5. The maximum absolute atomic E-state index is 11.8. The molecule has 5 nitrogen and oxygen atoms in total. The molecule has 0 saturated heterocycles. The number of nitrogens with zero attached hydrogens (tertiary/aromatic N) is 2. The summed E-state index contributed by atoms with van der Waals surface area (Å²) in [5, 5.41) is 5.20. The van der Waals surface area contributed by atoms with Crippen molar-refractivity contribution in [3.63, 3.8) is 0 Å². The van der Waals surface area contributed by atoms with Gasteiger partial charge in [0.2, 0.25) is 5.91 Å². The van der Waals surface area contributed by atoms with Gasteiger partial charge < -0.3 is 11.1 Å². The summed E-state index contributed by atoms with van der Waals surface area (Å²) in [6.07, 6.45) is 1.26. The lowest BCUT2D eigenvalue weighted by molar-refractivity contribution is -0.116. The Kier molecular flexibility index (Phi) is 6.88. The van der Waals surface area contributed by atoms with E-state index in [1.807, 2.05) is 39.0 Å². The zero-order chi connectivity index (χ0) is 20.8. The number of carbonyl (C=O) groups excluding carboxylic acids is 1. The third-order valence-electron chi connectivity index (χ3n) is 4.42. The molecule has 0 saturated carbocycles. The lowest BCUT2D eigenvalue weighted by atomic mass is 10.0. The molecule has 1 amide bonds. The second-order valence-corrected chi connectivity index (χ2v) is 7.46. The average Bonchev–Trinajstić information content (AvgIpc) is 2.75. The lowest BCUT2D eigenvalue weighted by Gasteiger charge is -2.18. The molecule has 0 fully saturated rings. The van der Waals surface area contributed by atoms with Gasteiger partial charge in [0.15, 0.2) is 5.82 Å². The largest absolute Gasteiger partial charge is 0.382 e. The van der Waals surface area contributed by atoms with Crippen molar-refractivity contribution in [3.8, 4) is 0 Å². The Hall–Kier alpha value is -2.86. The highest BCUT2D eigenvalue weighted by molar-refractivity contribution is 8.00. The van der Waals surface area contributed by atoms with Gasteiger partial charge in [-0.15, -0.1) is 11.8 Å². The van der Waals surface area contributed by atoms with E-state index < -0.39 is 0 Å². The zero-order valence-electron chi connectivity index (χ0n) is 17.0. The summed E-state index contributed by atoms with van der Waals surface area (Å²) >= 11 is 1.66. The van der Waals surface area contributed by atoms with Crippen molar-refractivity contribution in [2.45, 2.75) is 38.5 Å². The van der Waals surface area contributed by atoms with Crippen molar-refractivity contribution in [2.24, 2.45) is 4.99 Å². The molecule has 3 aromatic rings. The van der Waals surface area contributed by atoms with Gasteiger partial charge in [0.1, 0.15) is 11.5 Å². The maximum Gasteiger partial charge on any atom is 0.225 e. The van der Waals surface area contributed by atoms with Crippen LogP contribution in [0.15, 0.2) is 58.4 Å². The van der Waals surface area contributed by atoms with Crippen LogP contribution in [0.2, 0.25) is 0 Å². The molecule has 0 unspecified atom stereocenters. The molecule has 1 aliphatic heterocycles. The highest BCUT2D eigenvalue weighted by Gasteiger charge is 2.19. The first-order valence-corrected chi connectivity index (χ1v) is 10.9. The van der Waals surface area contributed by atoms with Gasteiger partial charge in [0.05, 0.1) is 5.71 Å². The van der Waals surface area contributed by atoms with Crippen LogP contribution in [-0.4, -0.2) is 22.4 Å². The van der Waals surface area contributed by atoms with E-state index in [4.69, 9.17) is 10.7 Å². The van der Waals surface area contributed by atoms with Crippen LogP contribution in [0.3, 0.4) is 0 Å². The fourth-order valence-corrected chi connectivity index (χ4v) is 4.09. The molecular weight excluding hydrogens is 380 g/mol. The zero-order valence-corrected chi connectivity index (χ0v) is 17.8. The van der Waals surface area contributed by atoms with Gasteiger partial charge in [0, 0.05) is 17.1 Å². The van der Waals surface area contributed by atoms with E-state index in [2.05, 4.69) is 40.6 Å². The average molecular weight is 407 g/mol. The number of nitrogens with two attached hydrogens (primary N) is 1. The third-order valence-corrected chi connectivity index (χ3v) is 5.46. The Morgan fingerprint density at radius 1 is 1.14 bits per heavy atom. The molecular formula is C23H26N4OS. The maximum atomic E-state index is 11.8. The minimum absolute atomic E-state index is 0.0505. The molecule has 0 aliphatic carbocycles. The number of rotatable bonds is 4. The van der Waals surface area contributed by atoms with Gasteiger partial charge in [0.25, 0.3) is 0 Å². The second kappa shape index (κ2) is 9.56. The summed E-state index contributed by atoms with van der Waals surface area (Å²) in [6.45, 7) is 5.97. The number of fused-ring (bicyclic) bond motifs is 2. The van der Waals surface area contributed by atoms with Gasteiger partial charge in [-0.2, -0.15) is 0 Å². The Bertz CT molecular complexity index is 1060. The van der Waals surface area contributed by atoms with Crippen LogP contribution in [-0.2, 0) is 4.79 Å². The van der Waals surface area contributed by atoms with Crippen molar-refractivity contribution < 1.29 is 4.79 Å². The topological polar surface area (TPSA) is 80.4 Å². The molecule has 4 rings (SSSR count). The Morgan fingerprint density at radius 3 is 2.66 bits per heavy atom. The third kappa shape index (κ3) is 4.77. The Balaban J connectivity index is 0.00000117. The second-order valence-electron chi connectivity index (χ2n) is 6.45. The van der Waals surface area contributed by atoms with Crippen LogP contribution in [0.25, 0.3) is 10.8 Å². The summed E-state index contributed by atoms with van der Waals surface area (Å²) in [5.41, 5.74) is 8.89. The van der Waals surface area contributed by atoms with E-state index in [1.165, 1.54) is 10.8 Å². The standard InChI is InChI=1S/C21H20N4OS.C2H6/c1-2-5-19(26)24-18-11-17-20(21(22)25-18)23-16(12-27-17)15-9-8-13-6-3-4-7-14(13)10-15;1-2/h3-4,6-11H,2,5,12H2,1H3,(H3,22,24,25,26);1-2H3. The first-order valence-electron chi connectivity index (χ1n) is 9.94. The number of aliphatic imine (C=N–C) groups is 1. The monoisotopic (exact) mass is 406 g/mol. The molecule has 29 heavy (non-hydrogen) atoms. The first kappa shape index (κ1) is 20.9. The van der Waals surface area contributed by atoms with Gasteiger partial charge in [-0.3, -0.25) is 4.79 Å². The molecule has 1 aromatic heterocycles. The van der Waals surface area contributed by atoms with Crippen LogP contribution in [0, 0.1) is 0 Å². The number of hydrogen-bond donors (Lipinski definition) is 2. The van der Waals surface area contributed by atoms with Crippen LogP contribution < -0.4 is 11.1 Å². The number of anilines is 2. The van der Waals surface area contributed by atoms with E-state index in [0.717, 1.165) is 28.3 Å². The van der Waals surface area contributed by atoms with Crippen LogP contribution >= 0.6 is 11.8 Å². The van der Waals surface area contributed by atoms with E-state index in [9.17, 15) is 4.79 Å².